The highest BCUT2D eigenvalue weighted by molar-refractivity contribution is 5.93. The van der Waals surface area contributed by atoms with Crippen LogP contribution in [-0.4, -0.2) is 46.6 Å². The molecule has 1 saturated heterocycles. The number of carbonyl (C=O) groups excluding carboxylic acids is 1. The van der Waals surface area contributed by atoms with Crippen molar-refractivity contribution in [3.8, 4) is 0 Å². The number of hydrogen-bond donors (Lipinski definition) is 3. The quantitative estimate of drug-likeness (QED) is 0.761. The third kappa shape index (κ3) is 3.55. The van der Waals surface area contributed by atoms with E-state index in [1.54, 1.807) is 0 Å². The first kappa shape index (κ1) is 16.4. The molecule has 1 aliphatic heterocycles. The maximum atomic E-state index is 12.6. The SMILES string of the molecule is Cc1c(C(=O)N[C@H]2CCCC[C@@H]2CN)nnn1C1CCNCC1. The van der Waals surface area contributed by atoms with Crippen LogP contribution in [0.1, 0.15) is 60.7 Å². The van der Waals surface area contributed by atoms with Crippen LogP contribution in [0.15, 0.2) is 0 Å². The summed E-state index contributed by atoms with van der Waals surface area (Å²) in [6.07, 6.45) is 6.53. The van der Waals surface area contributed by atoms with Crippen LogP contribution in [0.3, 0.4) is 0 Å². The minimum absolute atomic E-state index is 0.104. The van der Waals surface area contributed by atoms with Crippen LogP contribution in [0.2, 0.25) is 0 Å². The molecule has 7 heteroatoms. The van der Waals surface area contributed by atoms with Gasteiger partial charge in [0.1, 0.15) is 0 Å². The summed E-state index contributed by atoms with van der Waals surface area (Å²) < 4.78 is 1.93. The average Bonchev–Trinajstić information content (AvgIpc) is 2.98. The van der Waals surface area contributed by atoms with E-state index in [1.165, 1.54) is 6.42 Å². The van der Waals surface area contributed by atoms with Gasteiger partial charge in [-0.05, 0) is 58.2 Å². The largest absolute Gasteiger partial charge is 0.348 e. The van der Waals surface area contributed by atoms with Gasteiger partial charge in [0, 0.05) is 6.04 Å². The Morgan fingerprint density at radius 3 is 2.78 bits per heavy atom. The van der Waals surface area contributed by atoms with Gasteiger partial charge >= 0.3 is 0 Å². The number of piperidine rings is 1. The number of aromatic nitrogens is 3. The van der Waals surface area contributed by atoms with Gasteiger partial charge in [0.05, 0.1) is 11.7 Å². The number of hydrogen-bond acceptors (Lipinski definition) is 5. The first-order valence-electron chi connectivity index (χ1n) is 8.84. The molecule has 1 aliphatic carbocycles. The molecule has 2 heterocycles. The first-order chi connectivity index (χ1) is 11.2. The fraction of sp³-hybridized carbons (Fsp3) is 0.812. The Hall–Kier alpha value is -1.47. The molecule has 2 atom stereocenters. The lowest BCUT2D eigenvalue weighted by atomic mass is 9.84. The molecule has 1 saturated carbocycles. The number of nitrogens with two attached hydrogens (primary N) is 1. The molecule has 1 aromatic rings. The van der Waals surface area contributed by atoms with Crippen LogP contribution in [0.4, 0.5) is 0 Å². The van der Waals surface area contributed by atoms with E-state index >= 15 is 0 Å². The van der Waals surface area contributed by atoms with Crippen LogP contribution < -0.4 is 16.4 Å². The Bertz CT molecular complexity index is 537. The van der Waals surface area contributed by atoms with Crippen molar-refractivity contribution in [3.05, 3.63) is 11.4 Å². The van der Waals surface area contributed by atoms with Crippen LogP contribution in [0.25, 0.3) is 0 Å². The lowest BCUT2D eigenvalue weighted by Crippen LogP contribution is -2.45. The zero-order chi connectivity index (χ0) is 16.2. The van der Waals surface area contributed by atoms with E-state index in [9.17, 15) is 4.79 Å². The van der Waals surface area contributed by atoms with Crippen LogP contribution in [0, 0.1) is 12.8 Å². The van der Waals surface area contributed by atoms with Gasteiger partial charge in [0.25, 0.3) is 5.91 Å². The van der Waals surface area contributed by atoms with Crippen molar-refractivity contribution in [3.63, 3.8) is 0 Å². The van der Waals surface area contributed by atoms with Gasteiger partial charge < -0.3 is 16.4 Å². The molecule has 4 N–H and O–H groups in total. The summed E-state index contributed by atoms with van der Waals surface area (Å²) in [7, 11) is 0. The molecule has 23 heavy (non-hydrogen) atoms. The number of rotatable bonds is 4. The van der Waals surface area contributed by atoms with E-state index in [0.29, 0.717) is 24.2 Å². The summed E-state index contributed by atoms with van der Waals surface area (Å²) in [6.45, 7) is 4.56. The number of nitrogens with zero attached hydrogens (tertiary/aromatic N) is 3. The minimum atomic E-state index is -0.104. The lowest BCUT2D eigenvalue weighted by molar-refractivity contribution is 0.0902. The molecular formula is C16H28N6O. The molecule has 0 radical (unpaired) electrons. The highest BCUT2D eigenvalue weighted by Gasteiger charge is 2.28. The second-order valence-corrected chi connectivity index (χ2v) is 6.81. The standard InChI is InChI=1S/C16H28N6O/c1-11-15(20-21-22(11)13-6-8-18-9-7-13)16(23)19-14-5-3-2-4-12(14)10-17/h12-14,18H,2-10,17H2,1H3,(H,19,23)/t12-,14+/m1/s1. The first-order valence-corrected chi connectivity index (χ1v) is 8.84. The van der Waals surface area contributed by atoms with Crippen molar-refractivity contribution in [2.75, 3.05) is 19.6 Å². The van der Waals surface area contributed by atoms with Crippen molar-refractivity contribution in [1.29, 1.82) is 0 Å². The summed E-state index contributed by atoms with van der Waals surface area (Å²) in [4.78, 5) is 12.6. The zero-order valence-electron chi connectivity index (χ0n) is 13.9. The monoisotopic (exact) mass is 320 g/mol. The Morgan fingerprint density at radius 1 is 1.30 bits per heavy atom. The lowest BCUT2D eigenvalue weighted by Gasteiger charge is -2.31. The van der Waals surface area contributed by atoms with Crippen molar-refractivity contribution < 1.29 is 4.79 Å². The molecule has 0 spiro atoms. The predicted molar refractivity (Wildman–Crippen MR) is 88.2 cm³/mol. The van der Waals surface area contributed by atoms with E-state index in [4.69, 9.17) is 5.73 Å². The zero-order valence-corrected chi connectivity index (χ0v) is 13.9. The van der Waals surface area contributed by atoms with Crippen molar-refractivity contribution in [2.24, 2.45) is 11.7 Å². The second-order valence-electron chi connectivity index (χ2n) is 6.81. The Morgan fingerprint density at radius 2 is 2.04 bits per heavy atom. The van der Waals surface area contributed by atoms with Crippen molar-refractivity contribution in [1.82, 2.24) is 25.6 Å². The van der Waals surface area contributed by atoms with Gasteiger partial charge in [0.15, 0.2) is 5.69 Å². The van der Waals surface area contributed by atoms with Gasteiger partial charge in [-0.1, -0.05) is 18.1 Å². The van der Waals surface area contributed by atoms with Gasteiger partial charge in [-0.15, -0.1) is 5.10 Å². The summed E-state index contributed by atoms with van der Waals surface area (Å²) >= 11 is 0. The van der Waals surface area contributed by atoms with Crippen molar-refractivity contribution >= 4 is 5.91 Å². The molecule has 0 bridgehead atoms. The molecule has 2 aliphatic rings. The maximum Gasteiger partial charge on any atom is 0.273 e. The van der Waals surface area contributed by atoms with E-state index in [0.717, 1.165) is 50.9 Å². The second kappa shape index (κ2) is 7.40. The highest BCUT2D eigenvalue weighted by atomic mass is 16.2. The normalized spacial score (nSPS) is 26.2. The topological polar surface area (TPSA) is 97.9 Å². The third-order valence-corrected chi connectivity index (χ3v) is 5.33. The average molecular weight is 320 g/mol. The van der Waals surface area contributed by atoms with Gasteiger partial charge in [-0.3, -0.25) is 4.79 Å². The van der Waals surface area contributed by atoms with E-state index in [1.807, 2.05) is 11.6 Å². The fourth-order valence-electron chi connectivity index (χ4n) is 3.87. The van der Waals surface area contributed by atoms with Crippen molar-refractivity contribution in [2.45, 2.75) is 57.5 Å². The fourth-order valence-corrected chi connectivity index (χ4v) is 3.87. The van der Waals surface area contributed by atoms with Gasteiger partial charge in [0.2, 0.25) is 0 Å². The Labute approximate surface area is 137 Å². The number of nitrogens with one attached hydrogen (secondary N) is 2. The van der Waals surface area contributed by atoms with Gasteiger partial charge in [-0.2, -0.15) is 0 Å². The molecule has 0 unspecified atom stereocenters. The van der Waals surface area contributed by atoms with E-state index in [2.05, 4.69) is 20.9 Å². The van der Waals surface area contributed by atoms with Crippen LogP contribution in [-0.2, 0) is 0 Å². The molecule has 1 amide bonds. The molecule has 128 valence electrons. The molecule has 3 rings (SSSR count). The Kier molecular flexibility index (Phi) is 5.27. The predicted octanol–water partition coefficient (Wildman–Crippen LogP) is 0.758. The van der Waals surface area contributed by atoms with Crippen LogP contribution in [0.5, 0.6) is 0 Å². The molecule has 0 aromatic carbocycles. The summed E-state index contributed by atoms with van der Waals surface area (Å²) in [5.74, 6) is 0.278. The summed E-state index contributed by atoms with van der Waals surface area (Å²) in [5, 5.41) is 14.9. The van der Waals surface area contributed by atoms with Gasteiger partial charge in [-0.25, -0.2) is 4.68 Å². The highest BCUT2D eigenvalue weighted by Crippen LogP contribution is 2.24. The maximum absolute atomic E-state index is 12.6. The minimum Gasteiger partial charge on any atom is -0.348 e. The summed E-state index contributed by atoms with van der Waals surface area (Å²) in [6, 6.07) is 0.515. The molecular weight excluding hydrogens is 292 g/mol. The third-order valence-electron chi connectivity index (χ3n) is 5.33. The molecule has 7 nitrogen and oxygen atoms in total. The smallest absolute Gasteiger partial charge is 0.273 e. The van der Waals surface area contributed by atoms with E-state index in [-0.39, 0.29) is 11.9 Å². The summed E-state index contributed by atoms with van der Waals surface area (Å²) in [5.41, 5.74) is 7.18. The van der Waals surface area contributed by atoms with Crippen LogP contribution >= 0.6 is 0 Å². The number of carbonyl (C=O) groups is 1. The Balaban J connectivity index is 1.68. The number of amides is 1. The van der Waals surface area contributed by atoms with E-state index < -0.39 is 0 Å². The molecule has 2 fully saturated rings. The molecule has 1 aromatic heterocycles.